The van der Waals surface area contributed by atoms with E-state index < -0.39 is 9.84 Å². The van der Waals surface area contributed by atoms with Gasteiger partial charge >= 0.3 is 0 Å². The molecule has 0 radical (unpaired) electrons. The summed E-state index contributed by atoms with van der Waals surface area (Å²) in [5.74, 6) is 0.747. The minimum Gasteiger partial charge on any atom is -0.414 e. The lowest BCUT2D eigenvalue weighted by Crippen LogP contribution is -2.29. The molecule has 1 saturated heterocycles. The summed E-state index contributed by atoms with van der Waals surface area (Å²) in [4.78, 5) is 2.56. The Kier molecular flexibility index (Phi) is 5.17. The molecule has 1 atom stereocenters. The van der Waals surface area contributed by atoms with E-state index in [0.29, 0.717) is 42.8 Å². The van der Waals surface area contributed by atoms with Crippen molar-refractivity contribution in [1.82, 2.24) is 14.7 Å². The minimum atomic E-state index is -2.92. The summed E-state index contributed by atoms with van der Waals surface area (Å²) >= 11 is 5.31. The number of hydrogen-bond donors (Lipinski definition) is 0. The second-order valence-electron chi connectivity index (χ2n) is 7.48. The Labute approximate surface area is 162 Å². The quantitative estimate of drug-likeness (QED) is 0.653. The van der Waals surface area contributed by atoms with Crippen LogP contribution < -0.4 is 0 Å². The van der Waals surface area contributed by atoms with Crippen molar-refractivity contribution in [2.75, 3.05) is 11.5 Å². The van der Waals surface area contributed by atoms with E-state index in [4.69, 9.17) is 16.6 Å². The van der Waals surface area contributed by atoms with E-state index in [2.05, 4.69) is 10.00 Å². The molecule has 1 aromatic heterocycles. The van der Waals surface area contributed by atoms with Crippen LogP contribution in [0.5, 0.6) is 0 Å². The van der Waals surface area contributed by atoms with Crippen LogP contribution in [-0.2, 0) is 29.5 Å². The molecule has 0 unspecified atom stereocenters. The Morgan fingerprint density at radius 2 is 2.00 bits per heavy atom. The van der Waals surface area contributed by atoms with E-state index in [1.165, 1.54) is 12.1 Å². The van der Waals surface area contributed by atoms with E-state index >= 15 is 0 Å². The fraction of sp³-hybridized carbons (Fsp3) is 0.556. The molecule has 146 valence electrons. The predicted octanol–water partition coefficient (Wildman–Crippen LogP) is 2.94. The minimum absolute atomic E-state index is 0.0512. The lowest BCUT2D eigenvalue weighted by molar-refractivity contribution is 0.184. The molecule has 2 heterocycles. The van der Waals surface area contributed by atoms with Crippen LogP contribution in [0, 0.1) is 16.6 Å². The topological polar surface area (TPSA) is 68.3 Å². The number of hydrogen-bond acceptors (Lipinski definition) is 6. The third-order valence-electron chi connectivity index (χ3n) is 5.12. The van der Waals surface area contributed by atoms with Gasteiger partial charge in [-0.3, -0.25) is 4.90 Å². The Bertz CT molecular complexity index is 964. The maximum Gasteiger partial charge on any atom is 0.288 e. The van der Waals surface area contributed by atoms with Crippen molar-refractivity contribution in [3.8, 4) is 0 Å². The first-order valence-electron chi connectivity index (χ1n) is 9.14. The van der Waals surface area contributed by atoms with Gasteiger partial charge in [0.15, 0.2) is 9.84 Å². The summed E-state index contributed by atoms with van der Waals surface area (Å²) in [7, 11) is -2.92. The maximum atomic E-state index is 13.1. The number of sulfone groups is 1. The van der Waals surface area contributed by atoms with Crippen LogP contribution in [0.25, 0.3) is 0 Å². The van der Waals surface area contributed by atoms with Gasteiger partial charge in [-0.2, -0.15) is 0 Å². The summed E-state index contributed by atoms with van der Waals surface area (Å²) in [5, 5.41) is 4.48. The molecule has 0 spiro atoms. The first-order valence-corrected chi connectivity index (χ1v) is 11.4. The molecular formula is C18H22FN3O3S2. The summed E-state index contributed by atoms with van der Waals surface area (Å²) in [5.41, 5.74) is 1.04. The molecule has 1 saturated carbocycles. The van der Waals surface area contributed by atoms with Gasteiger partial charge in [0.2, 0.25) is 5.89 Å². The lowest BCUT2D eigenvalue weighted by Gasteiger charge is -2.21. The number of nitrogens with zero attached hydrogens (tertiary/aromatic N) is 3. The molecule has 2 fully saturated rings. The summed E-state index contributed by atoms with van der Waals surface area (Å²) in [6.07, 6.45) is 3.39. The van der Waals surface area contributed by atoms with E-state index in [0.717, 1.165) is 18.4 Å². The number of benzene rings is 1. The molecule has 9 heteroatoms. The van der Waals surface area contributed by atoms with Gasteiger partial charge in [0, 0.05) is 19.0 Å². The molecule has 6 nitrogen and oxygen atoms in total. The van der Waals surface area contributed by atoms with Crippen molar-refractivity contribution >= 4 is 22.1 Å². The van der Waals surface area contributed by atoms with Crippen LogP contribution in [0.2, 0.25) is 0 Å². The molecule has 0 N–H and O–H groups in total. The fourth-order valence-corrected chi connectivity index (χ4v) is 5.59. The van der Waals surface area contributed by atoms with Gasteiger partial charge in [-0.05, 0) is 55.1 Å². The summed E-state index contributed by atoms with van der Waals surface area (Å²) in [6.45, 7) is 1.20. The normalized spacial score (nSPS) is 21.8. The van der Waals surface area contributed by atoms with Gasteiger partial charge in [0.05, 0.1) is 18.2 Å². The van der Waals surface area contributed by atoms with Crippen LogP contribution in [0.4, 0.5) is 4.39 Å². The van der Waals surface area contributed by atoms with Gasteiger partial charge < -0.3 is 4.42 Å². The standard InChI is InChI=1S/C18H22FN3O3S2/c19-15-3-1-13(2-4-15)10-21(16-5-6-16)12-22-18(26)25-17(20-22)9-14-7-8-27(23,24)11-14/h1-4,14,16H,5-12H2/t14-/m0/s1. The molecule has 4 rings (SSSR count). The molecule has 1 aliphatic carbocycles. The molecular weight excluding hydrogens is 389 g/mol. The highest BCUT2D eigenvalue weighted by Crippen LogP contribution is 2.29. The summed E-state index contributed by atoms with van der Waals surface area (Å²) < 4.78 is 43.6. The average Bonchev–Trinajstić information content (AvgIpc) is 3.32. The second-order valence-corrected chi connectivity index (χ2v) is 10.1. The van der Waals surface area contributed by atoms with Crippen LogP contribution in [0.15, 0.2) is 28.7 Å². The predicted molar refractivity (Wildman–Crippen MR) is 101 cm³/mol. The monoisotopic (exact) mass is 411 g/mol. The highest BCUT2D eigenvalue weighted by Gasteiger charge is 2.31. The SMILES string of the molecule is O=S1(=O)CC[C@@H](Cc2nn(CN(Cc3ccc(F)cc3)C3CC3)c(=S)o2)C1. The highest BCUT2D eigenvalue weighted by atomic mass is 32.2. The van der Waals surface area contributed by atoms with Gasteiger partial charge in [-0.25, -0.2) is 17.5 Å². The number of halogens is 1. The molecule has 1 aliphatic heterocycles. The van der Waals surface area contributed by atoms with Crippen LogP contribution in [0.3, 0.4) is 0 Å². The first kappa shape index (κ1) is 18.8. The largest absolute Gasteiger partial charge is 0.414 e. The Morgan fingerprint density at radius 1 is 1.26 bits per heavy atom. The van der Waals surface area contributed by atoms with Gasteiger partial charge in [-0.15, -0.1) is 5.10 Å². The van der Waals surface area contributed by atoms with Crippen molar-refractivity contribution in [2.45, 2.75) is 44.9 Å². The number of aromatic nitrogens is 2. The molecule has 0 bridgehead atoms. The van der Waals surface area contributed by atoms with Crippen LogP contribution in [0.1, 0.15) is 30.7 Å². The van der Waals surface area contributed by atoms with Crippen molar-refractivity contribution in [3.05, 3.63) is 46.4 Å². The number of rotatable bonds is 7. The molecule has 27 heavy (non-hydrogen) atoms. The molecule has 0 amide bonds. The Balaban J connectivity index is 1.43. The van der Waals surface area contributed by atoms with E-state index in [1.54, 1.807) is 16.8 Å². The Hall–Kier alpha value is -1.58. The van der Waals surface area contributed by atoms with Crippen LogP contribution in [-0.4, -0.2) is 40.6 Å². The first-order chi connectivity index (χ1) is 12.9. The zero-order chi connectivity index (χ0) is 19.0. The molecule has 2 aliphatic rings. The third kappa shape index (κ3) is 4.83. The molecule has 1 aromatic carbocycles. The van der Waals surface area contributed by atoms with Gasteiger partial charge in [-0.1, -0.05) is 12.1 Å². The fourth-order valence-electron chi connectivity index (χ4n) is 3.53. The van der Waals surface area contributed by atoms with Crippen molar-refractivity contribution < 1.29 is 17.2 Å². The van der Waals surface area contributed by atoms with Crippen molar-refractivity contribution in [2.24, 2.45) is 5.92 Å². The average molecular weight is 412 g/mol. The lowest BCUT2D eigenvalue weighted by atomic mass is 10.1. The molecule has 2 aromatic rings. The summed E-state index contributed by atoms with van der Waals surface area (Å²) in [6, 6.07) is 6.99. The van der Waals surface area contributed by atoms with Crippen molar-refractivity contribution in [3.63, 3.8) is 0 Å². The van der Waals surface area contributed by atoms with Gasteiger partial charge in [0.25, 0.3) is 4.84 Å². The van der Waals surface area contributed by atoms with Crippen molar-refractivity contribution in [1.29, 1.82) is 0 Å². The highest BCUT2D eigenvalue weighted by molar-refractivity contribution is 7.91. The van der Waals surface area contributed by atoms with E-state index in [-0.39, 0.29) is 23.2 Å². The zero-order valence-electron chi connectivity index (χ0n) is 14.9. The van der Waals surface area contributed by atoms with E-state index in [1.807, 2.05) is 0 Å². The van der Waals surface area contributed by atoms with E-state index in [9.17, 15) is 12.8 Å². The van der Waals surface area contributed by atoms with Gasteiger partial charge in [0.1, 0.15) is 5.82 Å². The van der Waals surface area contributed by atoms with Crippen LogP contribution >= 0.6 is 12.2 Å². The maximum absolute atomic E-state index is 13.1. The smallest absolute Gasteiger partial charge is 0.288 e. The second kappa shape index (κ2) is 7.44. The zero-order valence-corrected chi connectivity index (χ0v) is 16.5. The Morgan fingerprint density at radius 3 is 2.63 bits per heavy atom. The third-order valence-corrected chi connectivity index (χ3v) is 7.25.